The third-order valence-electron chi connectivity index (χ3n) is 5.73. The lowest BCUT2D eigenvalue weighted by atomic mass is 10.1. The molecule has 6 nitrogen and oxygen atoms in total. The van der Waals surface area contributed by atoms with E-state index < -0.39 is 0 Å². The third kappa shape index (κ3) is 3.21. The van der Waals surface area contributed by atoms with Crippen molar-refractivity contribution in [3.63, 3.8) is 0 Å². The molecule has 0 radical (unpaired) electrons. The number of pyridine rings is 1. The monoisotopic (exact) mass is 430 g/mol. The molecule has 0 aliphatic heterocycles. The summed E-state index contributed by atoms with van der Waals surface area (Å²) in [6.45, 7) is 4.66. The molecule has 31 heavy (non-hydrogen) atoms. The first-order valence-corrected chi connectivity index (χ1v) is 10.9. The van der Waals surface area contributed by atoms with Crippen LogP contribution in [0.25, 0.3) is 26.8 Å². The van der Waals surface area contributed by atoms with Crippen LogP contribution in [0.15, 0.2) is 59.5 Å². The molecule has 2 aromatic carbocycles. The molecule has 7 heteroatoms. The van der Waals surface area contributed by atoms with Crippen LogP contribution in [0.1, 0.15) is 16.3 Å². The van der Waals surface area contributed by atoms with Gasteiger partial charge in [-0.25, -0.2) is 4.98 Å². The summed E-state index contributed by atoms with van der Waals surface area (Å²) < 4.78 is 4.02. The van der Waals surface area contributed by atoms with Crippen molar-refractivity contribution in [1.82, 2.24) is 18.9 Å². The van der Waals surface area contributed by atoms with E-state index in [9.17, 15) is 9.59 Å². The largest absolute Gasteiger partial charge is 0.338 e. The minimum Gasteiger partial charge on any atom is -0.338 e. The Morgan fingerprint density at radius 3 is 2.29 bits per heavy atom. The van der Waals surface area contributed by atoms with Crippen LogP contribution in [0.2, 0.25) is 0 Å². The lowest BCUT2D eigenvalue weighted by molar-refractivity contribution is -0.131. The average Bonchev–Trinajstić information content (AvgIpc) is 3.26. The van der Waals surface area contributed by atoms with Gasteiger partial charge in [0, 0.05) is 28.9 Å². The number of benzene rings is 2. The van der Waals surface area contributed by atoms with Crippen LogP contribution in [-0.4, -0.2) is 31.8 Å². The Morgan fingerprint density at radius 1 is 1.03 bits per heavy atom. The topological polar surface area (TPSA) is 59.6 Å². The molecule has 0 unspecified atom stereocenters. The number of rotatable bonds is 4. The second kappa shape index (κ2) is 7.35. The van der Waals surface area contributed by atoms with Gasteiger partial charge in [0.25, 0.3) is 0 Å². The smallest absolute Gasteiger partial charge is 0.242 e. The van der Waals surface area contributed by atoms with E-state index in [4.69, 9.17) is 0 Å². The number of amides is 1. The molecule has 0 bridgehead atoms. The number of hydrogen-bond acceptors (Lipinski definition) is 4. The van der Waals surface area contributed by atoms with Gasteiger partial charge in [0.2, 0.25) is 5.91 Å². The summed E-state index contributed by atoms with van der Waals surface area (Å²) in [5.74, 6) is -0.0275. The number of nitrogens with zero attached hydrogens (tertiary/aromatic N) is 4. The molecule has 3 aromatic heterocycles. The van der Waals surface area contributed by atoms with Crippen LogP contribution in [0, 0.1) is 13.8 Å². The molecule has 3 heterocycles. The lowest BCUT2D eigenvalue weighted by Crippen LogP contribution is -2.31. The Balaban J connectivity index is 1.53. The Hall–Kier alpha value is -3.45. The fourth-order valence-corrected chi connectivity index (χ4v) is 5.01. The van der Waals surface area contributed by atoms with Gasteiger partial charge in [0.1, 0.15) is 6.54 Å². The van der Waals surface area contributed by atoms with E-state index >= 15 is 0 Å². The fourth-order valence-electron chi connectivity index (χ4n) is 4.12. The van der Waals surface area contributed by atoms with Crippen molar-refractivity contribution in [2.24, 2.45) is 0 Å². The predicted molar refractivity (Wildman–Crippen MR) is 125 cm³/mol. The standard InChI is InChI=1S/C24H22N4O2S/c1-15-12-28-21(16(2)25-24(28)31-15)13-26(3)22(29)14-27-19-10-6-4-8-17(19)23(30)18-9-5-7-11-20(18)27/h4-12H,13-14H2,1-3H3. The van der Waals surface area contributed by atoms with Crippen molar-refractivity contribution in [2.75, 3.05) is 7.05 Å². The summed E-state index contributed by atoms with van der Waals surface area (Å²) in [6.07, 6.45) is 2.07. The average molecular weight is 431 g/mol. The molecule has 156 valence electrons. The Bertz CT molecular complexity index is 1470. The zero-order valence-corrected chi connectivity index (χ0v) is 18.4. The number of imidazole rings is 1. The van der Waals surface area contributed by atoms with Gasteiger partial charge in [0.05, 0.1) is 29.0 Å². The molecule has 0 aliphatic carbocycles. The van der Waals surface area contributed by atoms with E-state index in [-0.39, 0.29) is 17.9 Å². The molecule has 5 aromatic rings. The highest BCUT2D eigenvalue weighted by molar-refractivity contribution is 7.17. The molecule has 0 spiro atoms. The normalized spacial score (nSPS) is 11.6. The third-order valence-corrected chi connectivity index (χ3v) is 6.62. The van der Waals surface area contributed by atoms with Gasteiger partial charge < -0.3 is 9.47 Å². The summed E-state index contributed by atoms with van der Waals surface area (Å²) >= 11 is 1.64. The number of aryl methyl sites for hydroxylation is 2. The number of thiazole rings is 1. The minimum atomic E-state index is -0.0275. The first-order valence-electron chi connectivity index (χ1n) is 10.1. The highest BCUT2D eigenvalue weighted by atomic mass is 32.1. The molecule has 0 atom stereocenters. The van der Waals surface area contributed by atoms with Crippen molar-refractivity contribution < 1.29 is 4.79 Å². The fraction of sp³-hybridized carbons (Fsp3) is 0.208. The predicted octanol–water partition coefficient (Wildman–Crippen LogP) is 4.14. The van der Waals surface area contributed by atoms with Gasteiger partial charge in [0.15, 0.2) is 10.4 Å². The van der Waals surface area contributed by atoms with E-state index in [0.29, 0.717) is 17.3 Å². The zero-order chi connectivity index (χ0) is 21.7. The molecule has 0 aliphatic rings. The molecule has 0 N–H and O–H groups in total. The van der Waals surface area contributed by atoms with Gasteiger partial charge in [-0.1, -0.05) is 24.3 Å². The quantitative estimate of drug-likeness (QED) is 0.403. The van der Waals surface area contributed by atoms with E-state index in [1.165, 1.54) is 4.88 Å². The van der Waals surface area contributed by atoms with E-state index in [2.05, 4.69) is 22.5 Å². The Morgan fingerprint density at radius 2 is 1.65 bits per heavy atom. The van der Waals surface area contributed by atoms with Crippen molar-refractivity contribution in [2.45, 2.75) is 26.9 Å². The Labute approximate surface area is 183 Å². The summed E-state index contributed by atoms with van der Waals surface area (Å²) in [7, 11) is 1.81. The maximum Gasteiger partial charge on any atom is 0.242 e. The highest BCUT2D eigenvalue weighted by Crippen LogP contribution is 2.22. The van der Waals surface area contributed by atoms with Crippen molar-refractivity contribution in [1.29, 1.82) is 0 Å². The number of aromatic nitrogens is 3. The van der Waals surface area contributed by atoms with Crippen molar-refractivity contribution >= 4 is 44.0 Å². The van der Waals surface area contributed by atoms with Crippen LogP contribution in [0.5, 0.6) is 0 Å². The lowest BCUT2D eigenvalue weighted by Gasteiger charge is -2.20. The Kier molecular flexibility index (Phi) is 4.63. The van der Waals surface area contributed by atoms with Gasteiger partial charge in [-0.2, -0.15) is 0 Å². The maximum absolute atomic E-state index is 13.3. The van der Waals surface area contributed by atoms with Crippen LogP contribution in [0.3, 0.4) is 0 Å². The summed E-state index contributed by atoms with van der Waals surface area (Å²) in [5.41, 5.74) is 3.48. The molecule has 1 amide bonds. The summed E-state index contributed by atoms with van der Waals surface area (Å²) in [6, 6.07) is 14.9. The van der Waals surface area contributed by atoms with Gasteiger partial charge in [-0.15, -0.1) is 11.3 Å². The molecular weight excluding hydrogens is 408 g/mol. The van der Waals surface area contributed by atoms with Gasteiger partial charge >= 0.3 is 0 Å². The minimum absolute atomic E-state index is 0.00615. The van der Waals surface area contributed by atoms with Crippen LogP contribution in [0.4, 0.5) is 0 Å². The number of para-hydroxylation sites is 2. The number of carbonyl (C=O) groups is 1. The number of carbonyl (C=O) groups excluding carboxylic acids is 1. The SMILES string of the molecule is Cc1cn2c(CN(C)C(=O)Cn3c4ccccc4c(=O)c4ccccc43)c(C)nc2s1. The van der Waals surface area contributed by atoms with Crippen LogP contribution < -0.4 is 5.43 Å². The van der Waals surface area contributed by atoms with Crippen molar-refractivity contribution in [3.8, 4) is 0 Å². The highest BCUT2D eigenvalue weighted by Gasteiger charge is 2.18. The molecular formula is C24H22N4O2S. The van der Waals surface area contributed by atoms with Crippen LogP contribution in [-0.2, 0) is 17.9 Å². The zero-order valence-electron chi connectivity index (χ0n) is 17.6. The molecule has 0 saturated heterocycles. The number of hydrogen-bond donors (Lipinski definition) is 0. The second-order valence-electron chi connectivity index (χ2n) is 7.84. The molecule has 5 rings (SSSR count). The maximum atomic E-state index is 13.3. The van der Waals surface area contributed by atoms with Crippen molar-refractivity contribution in [3.05, 3.63) is 81.2 Å². The van der Waals surface area contributed by atoms with E-state index in [1.807, 2.05) is 67.1 Å². The summed E-state index contributed by atoms with van der Waals surface area (Å²) in [4.78, 5) is 34.7. The first-order chi connectivity index (χ1) is 14.9. The van der Waals surface area contributed by atoms with Crippen LogP contribution >= 0.6 is 11.3 Å². The summed E-state index contributed by atoms with van der Waals surface area (Å²) in [5, 5.41) is 1.25. The van der Waals surface area contributed by atoms with Gasteiger partial charge in [-0.05, 0) is 38.1 Å². The van der Waals surface area contributed by atoms with E-state index in [0.717, 1.165) is 27.4 Å². The second-order valence-corrected chi connectivity index (χ2v) is 9.05. The van der Waals surface area contributed by atoms with E-state index in [1.54, 1.807) is 16.2 Å². The van der Waals surface area contributed by atoms with Gasteiger partial charge in [-0.3, -0.25) is 14.0 Å². The molecule has 0 fully saturated rings. The molecule has 0 saturated carbocycles. The number of likely N-dealkylation sites (N-methyl/N-ethyl adjacent to an activating group) is 1. The number of fused-ring (bicyclic) bond motifs is 3. The first kappa shape index (κ1) is 19.5.